The SMILES string of the molecule is CCSc1cc2c(cc1C=Nc1cccc(C(F)(F)I)c1)nc(C(F)(F)I)n2CC. The van der Waals surface area contributed by atoms with Gasteiger partial charge in [-0.25, -0.2) is 4.98 Å². The molecule has 3 rings (SSSR count). The van der Waals surface area contributed by atoms with E-state index in [1.165, 1.54) is 22.8 Å². The molecule has 0 aliphatic heterocycles. The smallest absolute Gasteiger partial charge is 0.322 e. The zero-order valence-electron chi connectivity index (χ0n) is 16.0. The summed E-state index contributed by atoms with van der Waals surface area (Å²) in [5, 5.41) is 0. The maximum Gasteiger partial charge on any atom is 0.353 e. The Hall–Kier alpha value is -0.890. The van der Waals surface area contributed by atoms with E-state index in [1.54, 1.807) is 37.0 Å². The molecule has 0 radical (unpaired) electrons. The van der Waals surface area contributed by atoms with Gasteiger partial charge >= 0.3 is 7.86 Å². The van der Waals surface area contributed by atoms with Crippen molar-refractivity contribution >= 4 is 79.9 Å². The van der Waals surface area contributed by atoms with Crippen molar-refractivity contribution in [1.82, 2.24) is 9.55 Å². The molecule has 0 spiro atoms. The van der Waals surface area contributed by atoms with Crippen molar-refractivity contribution in [3.63, 3.8) is 0 Å². The van der Waals surface area contributed by atoms with Gasteiger partial charge in [0.15, 0.2) is 5.82 Å². The van der Waals surface area contributed by atoms with E-state index in [0.29, 0.717) is 28.8 Å². The van der Waals surface area contributed by atoms with Gasteiger partial charge in [0.2, 0.25) is 0 Å². The lowest BCUT2D eigenvalue weighted by Crippen LogP contribution is -2.12. The van der Waals surface area contributed by atoms with E-state index in [9.17, 15) is 17.6 Å². The van der Waals surface area contributed by atoms with Crippen LogP contribution in [0.3, 0.4) is 0 Å². The summed E-state index contributed by atoms with van der Waals surface area (Å²) < 4.78 is 50.6. The molecule has 0 bridgehead atoms. The molecule has 3 nitrogen and oxygen atoms in total. The fourth-order valence-corrected chi connectivity index (χ4v) is 4.52. The fraction of sp³-hybridized carbons (Fsp3) is 0.300. The molecule has 1 aromatic heterocycles. The molecule has 0 amide bonds. The molecular formula is C20H17F4I2N3S. The Balaban J connectivity index is 2.09. The van der Waals surface area contributed by atoms with E-state index >= 15 is 0 Å². The number of hydrogen-bond acceptors (Lipinski definition) is 3. The van der Waals surface area contributed by atoms with Gasteiger partial charge in [0.25, 0.3) is 0 Å². The molecule has 0 aliphatic rings. The van der Waals surface area contributed by atoms with Crippen LogP contribution in [0.25, 0.3) is 11.0 Å². The number of rotatable bonds is 7. The summed E-state index contributed by atoms with van der Waals surface area (Å²) in [5.41, 5.74) is 2.02. The van der Waals surface area contributed by atoms with Crippen LogP contribution in [0.1, 0.15) is 30.8 Å². The number of aliphatic imine (C=N–C) groups is 1. The average molecular weight is 661 g/mol. The Bertz CT molecular complexity index is 1090. The number of aryl methyl sites for hydroxylation is 1. The molecule has 2 aromatic carbocycles. The lowest BCUT2D eigenvalue weighted by Gasteiger charge is -2.11. The molecule has 0 saturated carbocycles. The van der Waals surface area contributed by atoms with Crippen molar-refractivity contribution in [3.05, 3.63) is 53.3 Å². The van der Waals surface area contributed by atoms with Gasteiger partial charge in [-0.05, 0) is 36.9 Å². The van der Waals surface area contributed by atoms with E-state index < -0.39 is 7.86 Å². The van der Waals surface area contributed by atoms with E-state index in [4.69, 9.17) is 0 Å². The molecule has 160 valence electrons. The van der Waals surface area contributed by atoms with E-state index in [2.05, 4.69) is 9.98 Å². The minimum absolute atomic E-state index is 0.132. The molecular weight excluding hydrogens is 644 g/mol. The number of halogens is 6. The maximum atomic E-state index is 14.0. The van der Waals surface area contributed by atoms with Crippen LogP contribution in [0.4, 0.5) is 23.2 Å². The lowest BCUT2D eigenvalue weighted by atomic mass is 10.2. The van der Waals surface area contributed by atoms with Crippen LogP contribution in [0, 0.1) is 0 Å². The van der Waals surface area contributed by atoms with Crippen molar-refractivity contribution in [2.45, 2.75) is 33.1 Å². The molecule has 1 heterocycles. The molecule has 3 aromatic rings. The highest BCUT2D eigenvalue weighted by Crippen LogP contribution is 2.38. The van der Waals surface area contributed by atoms with Gasteiger partial charge in [0.05, 0.1) is 16.7 Å². The summed E-state index contributed by atoms with van der Waals surface area (Å²) in [6.45, 7) is 4.15. The van der Waals surface area contributed by atoms with Crippen molar-refractivity contribution < 1.29 is 17.6 Å². The highest BCUT2D eigenvalue weighted by atomic mass is 127. The van der Waals surface area contributed by atoms with Gasteiger partial charge in [-0.2, -0.15) is 17.6 Å². The largest absolute Gasteiger partial charge is 0.353 e. The van der Waals surface area contributed by atoms with Crippen molar-refractivity contribution in [3.8, 4) is 0 Å². The van der Waals surface area contributed by atoms with Gasteiger partial charge < -0.3 is 4.57 Å². The van der Waals surface area contributed by atoms with Crippen LogP contribution in [0.15, 0.2) is 46.3 Å². The highest BCUT2D eigenvalue weighted by Gasteiger charge is 2.34. The zero-order chi connectivity index (χ0) is 22.1. The van der Waals surface area contributed by atoms with E-state index in [1.807, 2.05) is 13.0 Å². The summed E-state index contributed by atoms with van der Waals surface area (Å²) in [6, 6.07) is 9.38. The van der Waals surface area contributed by atoms with Gasteiger partial charge in [-0.15, -0.1) is 11.8 Å². The molecule has 0 unspecified atom stereocenters. The first kappa shape index (κ1) is 23.8. The number of benzene rings is 2. The zero-order valence-corrected chi connectivity index (χ0v) is 21.1. The third-order valence-corrected chi connectivity index (χ3v) is 6.33. The number of nitrogens with zero attached hydrogens (tertiary/aromatic N) is 3. The lowest BCUT2D eigenvalue weighted by molar-refractivity contribution is 0.113. The second-order valence-corrected chi connectivity index (χ2v) is 10.3. The first-order valence-corrected chi connectivity index (χ1v) is 12.1. The fourth-order valence-electron chi connectivity index (χ4n) is 2.99. The summed E-state index contributed by atoms with van der Waals surface area (Å²) >= 11 is 3.72. The standard InChI is InChI=1S/C20H17F4I2N3S/c1-3-29-16-10-17(30-4-2)12(8-15(16)28-18(29)20(23,24)26)11-27-14-7-5-6-13(9-14)19(21,22)25/h5-11H,3-4H2,1-2H3. The van der Waals surface area contributed by atoms with Crippen LogP contribution in [0.2, 0.25) is 0 Å². The number of hydrogen-bond donors (Lipinski definition) is 0. The second kappa shape index (κ2) is 9.31. The van der Waals surface area contributed by atoms with Crippen molar-refractivity contribution in [2.24, 2.45) is 4.99 Å². The topological polar surface area (TPSA) is 30.2 Å². The highest BCUT2D eigenvalue weighted by molar-refractivity contribution is 14.1. The third-order valence-electron chi connectivity index (χ3n) is 4.28. The van der Waals surface area contributed by atoms with E-state index in [0.717, 1.165) is 55.8 Å². The molecule has 0 saturated heterocycles. The molecule has 10 heteroatoms. The van der Waals surface area contributed by atoms with Crippen LogP contribution in [-0.2, 0) is 14.4 Å². The average Bonchev–Trinajstić information content (AvgIpc) is 3.04. The van der Waals surface area contributed by atoms with Gasteiger partial charge in [-0.1, -0.05) is 19.1 Å². The van der Waals surface area contributed by atoms with Gasteiger partial charge in [0, 0.05) is 74.0 Å². The number of thioether (sulfide) groups is 1. The number of alkyl halides is 6. The summed E-state index contributed by atoms with van der Waals surface area (Å²) in [6.07, 6.45) is 1.56. The summed E-state index contributed by atoms with van der Waals surface area (Å²) in [7, 11) is 0. The Morgan fingerprint density at radius 1 is 1.10 bits per heavy atom. The predicted molar refractivity (Wildman–Crippen MR) is 131 cm³/mol. The minimum atomic E-state index is -3.09. The maximum absolute atomic E-state index is 14.0. The monoisotopic (exact) mass is 661 g/mol. The molecule has 0 fully saturated rings. The quantitative estimate of drug-likeness (QED) is 0.0849. The minimum Gasteiger partial charge on any atom is -0.322 e. The predicted octanol–water partition coefficient (Wildman–Crippen LogP) is 7.89. The Kier molecular flexibility index (Phi) is 7.37. The third kappa shape index (κ3) is 5.29. The van der Waals surface area contributed by atoms with Crippen LogP contribution in [0.5, 0.6) is 0 Å². The Morgan fingerprint density at radius 3 is 2.43 bits per heavy atom. The van der Waals surface area contributed by atoms with E-state index in [-0.39, 0.29) is 11.4 Å². The van der Waals surface area contributed by atoms with Crippen molar-refractivity contribution in [2.75, 3.05) is 5.75 Å². The number of fused-ring (bicyclic) bond motifs is 1. The first-order chi connectivity index (χ1) is 14.0. The summed E-state index contributed by atoms with van der Waals surface area (Å²) in [5.74, 6) is 0.484. The molecule has 0 atom stereocenters. The number of imidazole rings is 1. The first-order valence-electron chi connectivity index (χ1n) is 9.00. The normalized spacial score (nSPS) is 12.9. The van der Waals surface area contributed by atoms with Gasteiger partial charge in [-0.3, -0.25) is 4.99 Å². The van der Waals surface area contributed by atoms with Crippen LogP contribution < -0.4 is 0 Å². The second-order valence-electron chi connectivity index (χ2n) is 6.30. The summed E-state index contributed by atoms with van der Waals surface area (Å²) in [4.78, 5) is 9.35. The van der Waals surface area contributed by atoms with Crippen LogP contribution in [-0.4, -0.2) is 21.5 Å². The molecule has 0 aliphatic carbocycles. The Morgan fingerprint density at radius 2 is 1.83 bits per heavy atom. The Labute approximate surface area is 203 Å². The molecule has 30 heavy (non-hydrogen) atoms. The molecule has 0 N–H and O–H groups in total. The van der Waals surface area contributed by atoms with Gasteiger partial charge in [0.1, 0.15) is 0 Å². The van der Waals surface area contributed by atoms with Crippen LogP contribution >= 0.6 is 56.9 Å². The van der Waals surface area contributed by atoms with Crippen molar-refractivity contribution in [1.29, 1.82) is 0 Å². The number of aromatic nitrogens is 2.